The molecule has 2 rings (SSSR count). The van der Waals surface area contributed by atoms with Gasteiger partial charge in [-0.15, -0.1) is 0 Å². The molecule has 0 atom stereocenters. The lowest BCUT2D eigenvalue weighted by Crippen LogP contribution is -2.32. The Morgan fingerprint density at radius 3 is 2.56 bits per heavy atom. The first kappa shape index (κ1) is 13.1. The van der Waals surface area contributed by atoms with Crippen molar-refractivity contribution in [3.05, 3.63) is 30.3 Å². The first-order valence-corrected chi connectivity index (χ1v) is 6.46. The van der Waals surface area contributed by atoms with Crippen LogP contribution in [-0.4, -0.2) is 24.7 Å². The van der Waals surface area contributed by atoms with Crippen LogP contribution in [0, 0.1) is 0 Å². The summed E-state index contributed by atoms with van der Waals surface area (Å²) < 4.78 is 5.60. The third-order valence-corrected chi connectivity index (χ3v) is 3.23. The van der Waals surface area contributed by atoms with Crippen molar-refractivity contribution in [1.82, 2.24) is 0 Å². The van der Waals surface area contributed by atoms with Crippen LogP contribution < -0.4 is 11.1 Å². The standard InChI is InChI=1S/C14H20N2O2/c15-11-6-8-13(9-7-11)18-10-14(17)16-12-4-2-1-3-5-12/h1-5,11,13H,6-10,15H2,(H,16,17). The molecule has 0 aliphatic heterocycles. The average molecular weight is 248 g/mol. The van der Waals surface area contributed by atoms with Crippen LogP contribution in [0.3, 0.4) is 0 Å². The molecular weight excluding hydrogens is 228 g/mol. The van der Waals surface area contributed by atoms with Crippen molar-refractivity contribution in [2.75, 3.05) is 11.9 Å². The van der Waals surface area contributed by atoms with Crippen LogP contribution in [0.2, 0.25) is 0 Å². The Balaban J connectivity index is 1.69. The Bertz CT molecular complexity index is 373. The molecule has 1 fully saturated rings. The highest BCUT2D eigenvalue weighted by Crippen LogP contribution is 2.19. The SMILES string of the molecule is NC1CCC(OCC(=O)Nc2ccccc2)CC1. The number of nitrogens with one attached hydrogen (secondary N) is 1. The maximum atomic E-state index is 11.7. The summed E-state index contributed by atoms with van der Waals surface area (Å²) in [4.78, 5) is 11.7. The van der Waals surface area contributed by atoms with E-state index in [1.54, 1.807) is 0 Å². The largest absolute Gasteiger partial charge is 0.368 e. The molecule has 18 heavy (non-hydrogen) atoms. The molecular formula is C14H20N2O2. The van der Waals surface area contributed by atoms with Crippen LogP contribution in [-0.2, 0) is 9.53 Å². The Hall–Kier alpha value is -1.39. The van der Waals surface area contributed by atoms with Crippen LogP contribution in [0.4, 0.5) is 5.69 Å². The lowest BCUT2D eigenvalue weighted by molar-refractivity contribution is -0.123. The van der Waals surface area contributed by atoms with Crippen molar-refractivity contribution in [3.63, 3.8) is 0 Å². The molecule has 1 amide bonds. The van der Waals surface area contributed by atoms with E-state index in [0.29, 0.717) is 6.04 Å². The first-order valence-electron chi connectivity index (χ1n) is 6.46. The van der Waals surface area contributed by atoms with E-state index >= 15 is 0 Å². The van der Waals surface area contributed by atoms with Gasteiger partial charge < -0.3 is 15.8 Å². The molecule has 1 saturated carbocycles. The fourth-order valence-electron chi connectivity index (χ4n) is 2.17. The second kappa shape index (κ2) is 6.52. The summed E-state index contributed by atoms with van der Waals surface area (Å²) >= 11 is 0. The zero-order chi connectivity index (χ0) is 12.8. The third kappa shape index (κ3) is 4.13. The lowest BCUT2D eigenvalue weighted by Gasteiger charge is -2.25. The van der Waals surface area contributed by atoms with Gasteiger partial charge in [0, 0.05) is 11.7 Å². The highest BCUT2D eigenvalue weighted by Gasteiger charge is 2.19. The monoisotopic (exact) mass is 248 g/mol. The summed E-state index contributed by atoms with van der Waals surface area (Å²) in [6, 6.07) is 9.72. The van der Waals surface area contributed by atoms with E-state index < -0.39 is 0 Å². The Labute approximate surface area is 108 Å². The molecule has 0 spiro atoms. The van der Waals surface area contributed by atoms with Gasteiger partial charge in [-0.2, -0.15) is 0 Å². The number of benzene rings is 1. The summed E-state index contributed by atoms with van der Waals surface area (Å²) in [6.07, 6.45) is 4.08. The van der Waals surface area contributed by atoms with Gasteiger partial charge >= 0.3 is 0 Å². The second-order valence-electron chi connectivity index (χ2n) is 4.76. The molecule has 0 radical (unpaired) electrons. The minimum absolute atomic E-state index is 0.101. The van der Waals surface area contributed by atoms with Gasteiger partial charge in [0.15, 0.2) is 0 Å². The molecule has 1 aromatic rings. The Kier molecular flexibility index (Phi) is 4.73. The van der Waals surface area contributed by atoms with Crippen molar-refractivity contribution in [2.45, 2.75) is 37.8 Å². The van der Waals surface area contributed by atoms with Gasteiger partial charge in [0.05, 0.1) is 6.10 Å². The number of para-hydroxylation sites is 1. The summed E-state index contributed by atoms with van der Waals surface area (Å²) in [5.41, 5.74) is 6.62. The zero-order valence-electron chi connectivity index (χ0n) is 10.5. The molecule has 0 unspecified atom stereocenters. The number of hydrogen-bond acceptors (Lipinski definition) is 3. The van der Waals surface area contributed by atoms with E-state index in [2.05, 4.69) is 5.32 Å². The number of hydrogen-bond donors (Lipinski definition) is 2. The molecule has 0 aromatic heterocycles. The topological polar surface area (TPSA) is 64.3 Å². The van der Waals surface area contributed by atoms with Crippen LogP contribution in [0.15, 0.2) is 30.3 Å². The number of carbonyl (C=O) groups is 1. The molecule has 0 saturated heterocycles. The normalized spacial score (nSPS) is 23.6. The van der Waals surface area contributed by atoms with Crippen molar-refractivity contribution < 1.29 is 9.53 Å². The predicted octanol–water partition coefficient (Wildman–Crippen LogP) is 1.91. The van der Waals surface area contributed by atoms with Gasteiger partial charge in [-0.25, -0.2) is 0 Å². The molecule has 1 aliphatic carbocycles. The number of carbonyl (C=O) groups excluding carboxylic acids is 1. The molecule has 4 heteroatoms. The van der Waals surface area contributed by atoms with Crippen LogP contribution >= 0.6 is 0 Å². The average Bonchev–Trinajstić information content (AvgIpc) is 2.39. The molecule has 98 valence electrons. The smallest absolute Gasteiger partial charge is 0.250 e. The van der Waals surface area contributed by atoms with E-state index in [0.717, 1.165) is 31.4 Å². The summed E-state index contributed by atoms with van der Waals surface area (Å²) in [6.45, 7) is 0.120. The molecule has 1 aromatic carbocycles. The maximum absolute atomic E-state index is 11.7. The lowest BCUT2D eigenvalue weighted by atomic mass is 9.94. The van der Waals surface area contributed by atoms with Gasteiger partial charge in [0.2, 0.25) is 5.91 Å². The van der Waals surface area contributed by atoms with E-state index in [9.17, 15) is 4.79 Å². The predicted molar refractivity (Wildman–Crippen MR) is 71.3 cm³/mol. The number of ether oxygens (including phenoxy) is 1. The van der Waals surface area contributed by atoms with E-state index in [1.165, 1.54) is 0 Å². The van der Waals surface area contributed by atoms with Gasteiger partial charge in [0.1, 0.15) is 6.61 Å². The molecule has 1 aliphatic rings. The van der Waals surface area contributed by atoms with Crippen molar-refractivity contribution in [2.24, 2.45) is 5.73 Å². The van der Waals surface area contributed by atoms with E-state index in [-0.39, 0.29) is 18.6 Å². The molecule has 0 heterocycles. The minimum Gasteiger partial charge on any atom is -0.368 e. The Morgan fingerprint density at radius 2 is 1.89 bits per heavy atom. The summed E-state index contributed by atoms with van der Waals surface area (Å²) in [5, 5.41) is 2.80. The number of nitrogens with two attached hydrogens (primary N) is 1. The van der Waals surface area contributed by atoms with Crippen molar-refractivity contribution in [1.29, 1.82) is 0 Å². The van der Waals surface area contributed by atoms with Crippen LogP contribution in [0.25, 0.3) is 0 Å². The number of anilines is 1. The quantitative estimate of drug-likeness (QED) is 0.855. The highest BCUT2D eigenvalue weighted by molar-refractivity contribution is 5.91. The minimum atomic E-state index is -0.101. The highest BCUT2D eigenvalue weighted by atomic mass is 16.5. The molecule has 3 N–H and O–H groups in total. The van der Waals surface area contributed by atoms with Gasteiger partial charge in [0.25, 0.3) is 0 Å². The fraction of sp³-hybridized carbons (Fsp3) is 0.500. The van der Waals surface area contributed by atoms with Gasteiger partial charge in [-0.3, -0.25) is 4.79 Å². The van der Waals surface area contributed by atoms with Crippen molar-refractivity contribution in [3.8, 4) is 0 Å². The van der Waals surface area contributed by atoms with E-state index in [4.69, 9.17) is 10.5 Å². The van der Waals surface area contributed by atoms with E-state index in [1.807, 2.05) is 30.3 Å². The Morgan fingerprint density at radius 1 is 1.22 bits per heavy atom. The third-order valence-electron chi connectivity index (χ3n) is 3.23. The molecule has 0 bridgehead atoms. The maximum Gasteiger partial charge on any atom is 0.250 e. The van der Waals surface area contributed by atoms with Crippen LogP contribution in [0.1, 0.15) is 25.7 Å². The van der Waals surface area contributed by atoms with Gasteiger partial charge in [-0.1, -0.05) is 18.2 Å². The van der Waals surface area contributed by atoms with Crippen molar-refractivity contribution >= 4 is 11.6 Å². The number of amides is 1. The second-order valence-corrected chi connectivity index (χ2v) is 4.76. The summed E-state index contributed by atoms with van der Waals surface area (Å²) in [5.74, 6) is -0.101. The first-order chi connectivity index (χ1) is 8.74. The zero-order valence-corrected chi connectivity index (χ0v) is 10.5. The fourth-order valence-corrected chi connectivity index (χ4v) is 2.17. The molecule has 4 nitrogen and oxygen atoms in total. The summed E-state index contributed by atoms with van der Waals surface area (Å²) in [7, 11) is 0. The van der Waals surface area contributed by atoms with Crippen LogP contribution in [0.5, 0.6) is 0 Å². The number of rotatable bonds is 4. The van der Waals surface area contributed by atoms with Gasteiger partial charge in [-0.05, 0) is 37.8 Å².